The van der Waals surface area contributed by atoms with Gasteiger partial charge in [0.1, 0.15) is 6.04 Å². The van der Waals surface area contributed by atoms with E-state index in [0.29, 0.717) is 6.42 Å². The molecule has 1 aromatic carbocycles. The van der Waals surface area contributed by atoms with Crippen LogP contribution < -0.4 is 0 Å². The number of hydrogen-bond donors (Lipinski definition) is 1. The van der Waals surface area contributed by atoms with E-state index in [2.05, 4.69) is 15.9 Å². The Bertz CT molecular complexity index is 352. The summed E-state index contributed by atoms with van der Waals surface area (Å²) < 4.78 is 0.975. The molecule has 0 spiro atoms. The number of halogens is 1. The van der Waals surface area contributed by atoms with Crippen molar-refractivity contribution in [2.24, 2.45) is 0 Å². The van der Waals surface area contributed by atoms with E-state index < -0.39 is 12.0 Å². The van der Waals surface area contributed by atoms with Crippen LogP contribution in [0.15, 0.2) is 28.7 Å². The molecule has 1 N–H and O–H groups in total. The van der Waals surface area contributed by atoms with Crippen LogP contribution in [0.25, 0.3) is 0 Å². The van der Waals surface area contributed by atoms with Gasteiger partial charge >= 0.3 is 5.97 Å². The van der Waals surface area contributed by atoms with Crippen molar-refractivity contribution >= 4 is 21.9 Å². The highest BCUT2D eigenvalue weighted by atomic mass is 79.9. The van der Waals surface area contributed by atoms with Crippen LogP contribution in [0.5, 0.6) is 0 Å². The van der Waals surface area contributed by atoms with Gasteiger partial charge in [0, 0.05) is 4.47 Å². The van der Waals surface area contributed by atoms with Crippen molar-refractivity contribution in [2.45, 2.75) is 12.5 Å². The molecule has 0 heterocycles. The molecule has 0 saturated heterocycles. The van der Waals surface area contributed by atoms with Gasteiger partial charge in [-0.3, -0.25) is 9.69 Å². The van der Waals surface area contributed by atoms with Crippen LogP contribution in [-0.4, -0.2) is 36.1 Å². The number of carboxylic acids is 1. The zero-order chi connectivity index (χ0) is 11.4. The summed E-state index contributed by atoms with van der Waals surface area (Å²) in [5.41, 5.74) is 1.02. The summed E-state index contributed by atoms with van der Waals surface area (Å²) in [4.78, 5) is 12.7. The van der Waals surface area contributed by atoms with E-state index in [0.717, 1.165) is 10.0 Å². The summed E-state index contributed by atoms with van der Waals surface area (Å²) in [6.45, 7) is 0. The quantitative estimate of drug-likeness (QED) is 0.911. The lowest BCUT2D eigenvalue weighted by Gasteiger charge is -2.19. The fourth-order valence-corrected chi connectivity index (χ4v) is 1.82. The second-order valence-electron chi connectivity index (χ2n) is 3.65. The van der Waals surface area contributed by atoms with Gasteiger partial charge in [0.2, 0.25) is 0 Å². The molecule has 0 fully saturated rings. The van der Waals surface area contributed by atoms with Crippen LogP contribution in [0.4, 0.5) is 0 Å². The Morgan fingerprint density at radius 2 is 2.20 bits per heavy atom. The number of likely N-dealkylation sites (N-methyl/N-ethyl adjacent to an activating group) is 1. The summed E-state index contributed by atoms with van der Waals surface area (Å²) in [5, 5.41) is 9.02. The average molecular weight is 272 g/mol. The van der Waals surface area contributed by atoms with Gasteiger partial charge in [-0.25, -0.2) is 0 Å². The van der Waals surface area contributed by atoms with Crippen molar-refractivity contribution in [3.8, 4) is 0 Å². The standard InChI is InChI=1S/C11H14BrNO2/c1-13(2)10(11(14)15)7-8-4-3-5-9(12)6-8/h3-6,10H,7H2,1-2H3,(H,14,15)/t10-/m1/s1. The number of rotatable bonds is 4. The molecule has 1 atom stereocenters. The van der Waals surface area contributed by atoms with Crippen molar-refractivity contribution in [1.82, 2.24) is 4.90 Å². The molecule has 0 aliphatic heterocycles. The highest BCUT2D eigenvalue weighted by Crippen LogP contribution is 2.14. The minimum Gasteiger partial charge on any atom is -0.480 e. The summed E-state index contributed by atoms with van der Waals surface area (Å²) in [7, 11) is 3.55. The summed E-state index contributed by atoms with van der Waals surface area (Å²) in [6, 6.07) is 7.24. The first-order chi connectivity index (χ1) is 7.00. The van der Waals surface area contributed by atoms with Gasteiger partial charge in [0.25, 0.3) is 0 Å². The molecule has 0 radical (unpaired) electrons. The molecule has 0 unspecified atom stereocenters. The van der Waals surface area contributed by atoms with Gasteiger partial charge in [0.05, 0.1) is 0 Å². The Hall–Kier alpha value is -0.870. The molecule has 0 aromatic heterocycles. The van der Waals surface area contributed by atoms with Gasteiger partial charge < -0.3 is 5.11 Å². The Morgan fingerprint density at radius 3 is 2.67 bits per heavy atom. The topological polar surface area (TPSA) is 40.5 Å². The van der Waals surface area contributed by atoms with Crippen molar-refractivity contribution < 1.29 is 9.90 Å². The van der Waals surface area contributed by atoms with Gasteiger partial charge in [-0.1, -0.05) is 28.1 Å². The van der Waals surface area contributed by atoms with Gasteiger partial charge in [-0.2, -0.15) is 0 Å². The van der Waals surface area contributed by atoms with Crippen LogP contribution >= 0.6 is 15.9 Å². The fourth-order valence-electron chi connectivity index (χ4n) is 1.38. The molecule has 0 amide bonds. The third-order valence-corrected chi connectivity index (χ3v) is 2.72. The maximum absolute atomic E-state index is 11.0. The molecule has 0 aliphatic rings. The first-order valence-electron chi connectivity index (χ1n) is 4.64. The Labute approximate surface area is 97.8 Å². The summed E-state index contributed by atoms with van der Waals surface area (Å²) >= 11 is 3.37. The van der Waals surface area contributed by atoms with Crippen molar-refractivity contribution in [3.05, 3.63) is 34.3 Å². The SMILES string of the molecule is CN(C)[C@H](Cc1cccc(Br)c1)C(=O)O. The lowest BCUT2D eigenvalue weighted by molar-refractivity contribution is -0.142. The minimum atomic E-state index is -0.792. The largest absolute Gasteiger partial charge is 0.480 e. The molecule has 1 rings (SSSR count). The van der Waals surface area contributed by atoms with E-state index >= 15 is 0 Å². The first-order valence-corrected chi connectivity index (χ1v) is 5.43. The number of benzene rings is 1. The second kappa shape index (κ2) is 5.28. The Morgan fingerprint density at radius 1 is 1.53 bits per heavy atom. The smallest absolute Gasteiger partial charge is 0.321 e. The van der Waals surface area contributed by atoms with Crippen LogP contribution in [0.3, 0.4) is 0 Å². The third kappa shape index (κ3) is 3.64. The zero-order valence-electron chi connectivity index (χ0n) is 8.77. The highest BCUT2D eigenvalue weighted by Gasteiger charge is 2.19. The van der Waals surface area contributed by atoms with E-state index in [1.807, 2.05) is 24.3 Å². The molecule has 0 saturated carbocycles. The van der Waals surface area contributed by atoms with Crippen LogP contribution in [0, 0.1) is 0 Å². The van der Waals surface area contributed by atoms with Gasteiger partial charge in [-0.15, -0.1) is 0 Å². The molecule has 0 bridgehead atoms. The molecular formula is C11H14BrNO2. The lowest BCUT2D eigenvalue weighted by Crippen LogP contribution is -2.37. The van der Waals surface area contributed by atoms with E-state index in [4.69, 9.17) is 5.11 Å². The van der Waals surface area contributed by atoms with Gasteiger partial charge in [0.15, 0.2) is 0 Å². The number of carbonyl (C=O) groups is 1. The second-order valence-corrected chi connectivity index (χ2v) is 4.57. The van der Waals surface area contributed by atoms with Gasteiger partial charge in [-0.05, 0) is 38.2 Å². The minimum absolute atomic E-state index is 0.473. The normalized spacial score (nSPS) is 12.8. The molecule has 0 aliphatic carbocycles. The zero-order valence-corrected chi connectivity index (χ0v) is 10.4. The van der Waals surface area contributed by atoms with E-state index in [9.17, 15) is 4.79 Å². The van der Waals surface area contributed by atoms with Crippen molar-refractivity contribution in [3.63, 3.8) is 0 Å². The third-order valence-electron chi connectivity index (χ3n) is 2.23. The lowest BCUT2D eigenvalue weighted by atomic mass is 10.1. The molecule has 4 heteroatoms. The molecule has 1 aromatic rings. The number of carboxylic acid groups (broad SMARTS) is 1. The maximum Gasteiger partial charge on any atom is 0.321 e. The summed E-state index contributed by atoms with van der Waals surface area (Å²) in [6.07, 6.45) is 0.516. The van der Waals surface area contributed by atoms with E-state index in [1.54, 1.807) is 19.0 Å². The molecular weight excluding hydrogens is 258 g/mol. The van der Waals surface area contributed by atoms with Crippen LogP contribution in [-0.2, 0) is 11.2 Å². The Kier molecular flexibility index (Phi) is 4.29. The number of nitrogens with zero attached hydrogens (tertiary/aromatic N) is 1. The predicted molar refractivity (Wildman–Crippen MR) is 63.0 cm³/mol. The monoisotopic (exact) mass is 271 g/mol. The first kappa shape index (κ1) is 12.2. The molecule has 15 heavy (non-hydrogen) atoms. The van der Waals surface area contributed by atoms with Crippen LogP contribution in [0.1, 0.15) is 5.56 Å². The number of aliphatic carboxylic acids is 1. The average Bonchev–Trinajstić information content (AvgIpc) is 2.13. The fraction of sp³-hybridized carbons (Fsp3) is 0.364. The van der Waals surface area contributed by atoms with Crippen molar-refractivity contribution in [2.75, 3.05) is 14.1 Å². The Balaban J connectivity index is 2.79. The molecule has 82 valence electrons. The van der Waals surface area contributed by atoms with Crippen molar-refractivity contribution in [1.29, 1.82) is 0 Å². The number of hydrogen-bond acceptors (Lipinski definition) is 2. The van der Waals surface area contributed by atoms with E-state index in [1.165, 1.54) is 0 Å². The van der Waals surface area contributed by atoms with Crippen LogP contribution in [0.2, 0.25) is 0 Å². The summed E-state index contributed by atoms with van der Waals surface area (Å²) in [5.74, 6) is -0.792. The predicted octanol–water partition coefficient (Wildman–Crippen LogP) is 2.01. The molecule has 3 nitrogen and oxygen atoms in total. The highest BCUT2D eigenvalue weighted by molar-refractivity contribution is 9.10. The van der Waals surface area contributed by atoms with E-state index in [-0.39, 0.29) is 0 Å². The maximum atomic E-state index is 11.0.